The average Bonchev–Trinajstić information content (AvgIpc) is 2.05. The van der Waals surface area contributed by atoms with Crippen molar-refractivity contribution in [2.75, 3.05) is 6.61 Å². The monoisotopic (exact) mass is 250 g/mol. The summed E-state index contributed by atoms with van der Waals surface area (Å²) < 4.78 is 5.01. The normalized spacial score (nSPS) is 13.9. The minimum absolute atomic E-state index is 0.120. The second-order valence-corrected chi connectivity index (χ2v) is 4.80. The van der Waals surface area contributed by atoms with Crippen molar-refractivity contribution in [3.05, 3.63) is 0 Å². The zero-order valence-corrected chi connectivity index (χ0v) is 10.5. The van der Waals surface area contributed by atoms with E-state index in [1.165, 1.54) is 0 Å². The maximum Gasteiger partial charge on any atom is 0.312 e. The smallest absolute Gasteiger partial charge is 0.312 e. The van der Waals surface area contributed by atoms with Crippen LogP contribution in [0.15, 0.2) is 0 Å². The summed E-state index contributed by atoms with van der Waals surface area (Å²) in [6.45, 7) is 8.22. The number of carbonyl (C=O) groups excluding carboxylic acids is 1. The molecule has 78 valence electrons. The zero-order chi connectivity index (χ0) is 10.5. The Morgan fingerprint density at radius 2 is 2.00 bits per heavy atom. The summed E-state index contributed by atoms with van der Waals surface area (Å²) in [5, 5.41) is 0. The SMILES string of the molecule is CCCC(Br)C(C)(C)C(=O)OCC. The average molecular weight is 251 g/mol. The van der Waals surface area contributed by atoms with Gasteiger partial charge >= 0.3 is 5.97 Å². The fourth-order valence-electron chi connectivity index (χ4n) is 1.06. The molecule has 0 saturated heterocycles. The molecule has 0 heterocycles. The van der Waals surface area contributed by atoms with E-state index >= 15 is 0 Å². The van der Waals surface area contributed by atoms with Gasteiger partial charge in [0.05, 0.1) is 12.0 Å². The zero-order valence-electron chi connectivity index (χ0n) is 8.89. The molecule has 0 aliphatic carbocycles. The summed E-state index contributed by atoms with van der Waals surface area (Å²) in [5.74, 6) is -0.120. The van der Waals surface area contributed by atoms with Crippen molar-refractivity contribution in [3.8, 4) is 0 Å². The number of alkyl halides is 1. The first-order valence-electron chi connectivity index (χ1n) is 4.78. The molecule has 0 aromatic rings. The predicted molar refractivity (Wildman–Crippen MR) is 58.0 cm³/mol. The highest BCUT2D eigenvalue weighted by atomic mass is 79.9. The Morgan fingerprint density at radius 1 is 1.46 bits per heavy atom. The van der Waals surface area contributed by atoms with Crippen LogP contribution in [0.3, 0.4) is 0 Å². The van der Waals surface area contributed by atoms with Crippen LogP contribution in [0.2, 0.25) is 0 Å². The topological polar surface area (TPSA) is 26.3 Å². The Morgan fingerprint density at radius 3 is 2.38 bits per heavy atom. The van der Waals surface area contributed by atoms with Crippen LogP contribution in [0.25, 0.3) is 0 Å². The molecule has 0 aliphatic heterocycles. The molecule has 0 amide bonds. The molecule has 0 bridgehead atoms. The van der Waals surface area contributed by atoms with Gasteiger partial charge in [0.25, 0.3) is 0 Å². The van der Waals surface area contributed by atoms with Gasteiger partial charge in [-0.25, -0.2) is 0 Å². The lowest BCUT2D eigenvalue weighted by Crippen LogP contribution is -2.35. The van der Waals surface area contributed by atoms with E-state index in [2.05, 4.69) is 22.9 Å². The summed E-state index contributed by atoms with van der Waals surface area (Å²) in [6.07, 6.45) is 2.06. The Bertz CT molecular complexity index is 166. The van der Waals surface area contributed by atoms with E-state index in [1.807, 2.05) is 20.8 Å². The fraction of sp³-hybridized carbons (Fsp3) is 0.900. The van der Waals surface area contributed by atoms with Crippen LogP contribution in [0.4, 0.5) is 0 Å². The van der Waals surface area contributed by atoms with Gasteiger partial charge in [-0.15, -0.1) is 0 Å². The van der Waals surface area contributed by atoms with Gasteiger partial charge in [0.15, 0.2) is 0 Å². The molecule has 0 aromatic heterocycles. The lowest BCUT2D eigenvalue weighted by atomic mass is 9.87. The fourth-order valence-corrected chi connectivity index (χ4v) is 1.70. The van der Waals surface area contributed by atoms with E-state index in [9.17, 15) is 4.79 Å². The highest BCUT2D eigenvalue weighted by Gasteiger charge is 2.35. The lowest BCUT2D eigenvalue weighted by Gasteiger charge is -2.27. The Kier molecular flexibility index (Phi) is 5.61. The number of hydrogen-bond donors (Lipinski definition) is 0. The van der Waals surface area contributed by atoms with Gasteiger partial charge in [-0.05, 0) is 27.2 Å². The van der Waals surface area contributed by atoms with Gasteiger partial charge in [0, 0.05) is 4.83 Å². The summed E-state index contributed by atoms with van der Waals surface area (Å²) in [7, 11) is 0. The molecule has 2 nitrogen and oxygen atoms in total. The third-order valence-corrected chi connectivity index (χ3v) is 3.73. The van der Waals surface area contributed by atoms with Crippen LogP contribution in [-0.2, 0) is 9.53 Å². The Balaban J connectivity index is 4.26. The number of hydrogen-bond acceptors (Lipinski definition) is 2. The van der Waals surface area contributed by atoms with Crippen molar-refractivity contribution in [3.63, 3.8) is 0 Å². The van der Waals surface area contributed by atoms with Gasteiger partial charge in [-0.1, -0.05) is 29.3 Å². The lowest BCUT2D eigenvalue weighted by molar-refractivity contribution is -0.153. The molecule has 0 saturated carbocycles. The predicted octanol–water partition coefficient (Wildman–Crippen LogP) is 3.14. The molecule has 3 heteroatoms. The minimum atomic E-state index is -0.425. The number of ether oxygens (including phenoxy) is 1. The molecule has 0 radical (unpaired) electrons. The summed E-state index contributed by atoms with van der Waals surface area (Å²) in [6, 6.07) is 0. The van der Waals surface area contributed by atoms with E-state index in [4.69, 9.17) is 4.74 Å². The maximum absolute atomic E-state index is 11.5. The maximum atomic E-state index is 11.5. The van der Waals surface area contributed by atoms with Crippen LogP contribution in [0.5, 0.6) is 0 Å². The first-order valence-corrected chi connectivity index (χ1v) is 5.69. The molecule has 0 aromatic carbocycles. The second kappa shape index (κ2) is 5.63. The van der Waals surface area contributed by atoms with Gasteiger partial charge in [0.2, 0.25) is 0 Å². The summed E-state index contributed by atoms with van der Waals surface area (Å²) in [4.78, 5) is 11.7. The standard InChI is InChI=1S/C10H19BrO2/c1-5-7-8(11)10(3,4)9(12)13-6-2/h8H,5-7H2,1-4H3. The number of halogens is 1. The number of esters is 1. The molecule has 13 heavy (non-hydrogen) atoms. The van der Waals surface area contributed by atoms with Crippen LogP contribution >= 0.6 is 15.9 Å². The van der Waals surface area contributed by atoms with Crippen LogP contribution < -0.4 is 0 Å². The van der Waals surface area contributed by atoms with E-state index < -0.39 is 5.41 Å². The van der Waals surface area contributed by atoms with Crippen molar-refractivity contribution in [1.82, 2.24) is 0 Å². The van der Waals surface area contributed by atoms with E-state index in [0.29, 0.717) is 6.61 Å². The van der Waals surface area contributed by atoms with Crippen LogP contribution in [0.1, 0.15) is 40.5 Å². The van der Waals surface area contributed by atoms with Crippen LogP contribution in [-0.4, -0.2) is 17.4 Å². The van der Waals surface area contributed by atoms with Gasteiger partial charge < -0.3 is 4.74 Å². The van der Waals surface area contributed by atoms with Crippen molar-refractivity contribution >= 4 is 21.9 Å². The van der Waals surface area contributed by atoms with Crippen molar-refractivity contribution < 1.29 is 9.53 Å². The molecule has 0 spiro atoms. The highest BCUT2D eigenvalue weighted by molar-refractivity contribution is 9.09. The van der Waals surface area contributed by atoms with E-state index in [-0.39, 0.29) is 10.8 Å². The quantitative estimate of drug-likeness (QED) is 0.554. The minimum Gasteiger partial charge on any atom is -0.466 e. The molecule has 0 aliphatic rings. The van der Waals surface area contributed by atoms with Crippen molar-refractivity contribution in [2.24, 2.45) is 5.41 Å². The van der Waals surface area contributed by atoms with Crippen molar-refractivity contribution in [2.45, 2.75) is 45.4 Å². The molecule has 1 unspecified atom stereocenters. The first-order chi connectivity index (χ1) is 5.96. The molecule has 1 atom stereocenters. The third kappa shape index (κ3) is 3.67. The van der Waals surface area contributed by atoms with Gasteiger partial charge in [0.1, 0.15) is 0 Å². The van der Waals surface area contributed by atoms with Crippen LogP contribution in [0, 0.1) is 5.41 Å². The van der Waals surface area contributed by atoms with Crippen molar-refractivity contribution in [1.29, 1.82) is 0 Å². The number of carbonyl (C=O) groups is 1. The third-order valence-electron chi connectivity index (χ3n) is 2.13. The molecule has 0 fully saturated rings. The van der Waals surface area contributed by atoms with Gasteiger partial charge in [-0.3, -0.25) is 4.79 Å². The molecular formula is C10H19BrO2. The summed E-state index contributed by atoms with van der Waals surface area (Å²) in [5.41, 5.74) is -0.425. The summed E-state index contributed by atoms with van der Waals surface area (Å²) >= 11 is 3.53. The Hall–Kier alpha value is -0.0500. The second-order valence-electron chi connectivity index (χ2n) is 3.70. The van der Waals surface area contributed by atoms with E-state index in [0.717, 1.165) is 12.8 Å². The van der Waals surface area contributed by atoms with E-state index in [1.54, 1.807) is 0 Å². The largest absolute Gasteiger partial charge is 0.466 e. The number of rotatable bonds is 5. The highest BCUT2D eigenvalue weighted by Crippen LogP contribution is 2.31. The first kappa shape index (κ1) is 12.9. The molecular weight excluding hydrogens is 232 g/mol. The van der Waals surface area contributed by atoms with Gasteiger partial charge in [-0.2, -0.15) is 0 Å². The Labute approximate surface area is 89.2 Å². The molecule has 0 rings (SSSR count). The molecule has 0 N–H and O–H groups in total.